The van der Waals surface area contributed by atoms with E-state index in [0.29, 0.717) is 17.7 Å². The highest BCUT2D eigenvalue weighted by atomic mass is 16.5. The Labute approximate surface area is 90.2 Å². The van der Waals surface area contributed by atoms with Gasteiger partial charge in [-0.25, -0.2) is 0 Å². The van der Waals surface area contributed by atoms with Crippen LogP contribution in [-0.2, 0) is 4.74 Å². The first-order chi connectivity index (χ1) is 7.09. The van der Waals surface area contributed by atoms with E-state index in [1.807, 2.05) is 0 Å². The van der Waals surface area contributed by atoms with Crippen LogP contribution in [0.25, 0.3) is 0 Å². The number of nitrogen functional groups attached to an aromatic ring is 1. The van der Waals surface area contributed by atoms with Crippen molar-refractivity contribution in [2.24, 2.45) is 5.92 Å². The Balaban J connectivity index is 2.28. The highest BCUT2D eigenvalue weighted by Crippen LogP contribution is 2.36. The first kappa shape index (κ1) is 10.5. The molecule has 0 radical (unpaired) electrons. The highest BCUT2D eigenvalue weighted by molar-refractivity contribution is 5.45. The minimum absolute atomic E-state index is 0.155. The molecule has 2 unspecified atom stereocenters. The smallest absolute Gasteiger partial charge is 0.149 e. The molecule has 0 amide bonds. The number of hydrogen-bond acceptors (Lipinski definition) is 3. The number of nitrogens with one attached hydrogen (secondary N) is 1. The van der Waals surface area contributed by atoms with Crippen LogP contribution in [0.3, 0.4) is 0 Å². The summed E-state index contributed by atoms with van der Waals surface area (Å²) in [4.78, 5) is 0. The molecule has 4 nitrogen and oxygen atoms in total. The summed E-state index contributed by atoms with van der Waals surface area (Å²) in [5.41, 5.74) is 8.04. The van der Waals surface area contributed by atoms with E-state index in [1.165, 1.54) is 0 Å². The van der Waals surface area contributed by atoms with E-state index >= 15 is 0 Å². The number of nitrogens with zero attached hydrogens (tertiary/aromatic N) is 1. The van der Waals surface area contributed by atoms with E-state index in [2.05, 4.69) is 31.0 Å². The van der Waals surface area contributed by atoms with Gasteiger partial charge in [0, 0.05) is 5.56 Å². The van der Waals surface area contributed by atoms with Gasteiger partial charge in [0.25, 0.3) is 0 Å². The van der Waals surface area contributed by atoms with Gasteiger partial charge in [-0.05, 0) is 18.3 Å². The summed E-state index contributed by atoms with van der Waals surface area (Å²) >= 11 is 0. The van der Waals surface area contributed by atoms with Crippen LogP contribution in [-0.4, -0.2) is 16.8 Å². The van der Waals surface area contributed by atoms with E-state index in [0.717, 1.165) is 24.3 Å². The fraction of sp³-hybridized carbons (Fsp3) is 0.727. The minimum atomic E-state index is 0.155. The Morgan fingerprint density at radius 2 is 2.27 bits per heavy atom. The second kappa shape index (κ2) is 3.85. The number of H-pyrrole nitrogens is 1. The molecule has 1 fully saturated rings. The topological polar surface area (TPSA) is 63.9 Å². The molecule has 2 heterocycles. The maximum atomic E-state index is 5.85. The van der Waals surface area contributed by atoms with Crippen molar-refractivity contribution in [2.45, 2.75) is 39.2 Å². The summed E-state index contributed by atoms with van der Waals surface area (Å²) in [6, 6.07) is 0. The van der Waals surface area contributed by atoms with Gasteiger partial charge in [-0.1, -0.05) is 20.8 Å². The molecule has 1 saturated heterocycles. The molecule has 3 N–H and O–H groups in total. The number of ether oxygens (including phenoxy) is 1. The Morgan fingerprint density at radius 3 is 2.80 bits per heavy atom. The predicted molar refractivity (Wildman–Crippen MR) is 59.6 cm³/mol. The van der Waals surface area contributed by atoms with Crippen LogP contribution in [0.4, 0.5) is 5.82 Å². The molecule has 1 aliphatic rings. The molecular weight excluding hydrogens is 190 g/mol. The SMILES string of the molecule is CC1COC(c2[nH]nc(N)c2C(C)C)C1. The zero-order chi connectivity index (χ0) is 11.0. The Hall–Kier alpha value is -1.03. The molecule has 15 heavy (non-hydrogen) atoms. The number of aromatic amines is 1. The molecule has 0 spiro atoms. The molecule has 1 aromatic rings. The molecule has 0 bridgehead atoms. The summed E-state index contributed by atoms with van der Waals surface area (Å²) in [7, 11) is 0. The van der Waals surface area contributed by atoms with E-state index in [9.17, 15) is 0 Å². The van der Waals surface area contributed by atoms with Crippen molar-refractivity contribution in [2.75, 3.05) is 12.3 Å². The standard InChI is InChI=1S/C11H19N3O/c1-6(2)9-10(13-14-11(9)12)8-4-7(3)5-15-8/h6-8H,4-5H2,1-3H3,(H3,12,13,14). The van der Waals surface area contributed by atoms with Crippen molar-refractivity contribution in [1.29, 1.82) is 0 Å². The molecule has 1 aliphatic heterocycles. The van der Waals surface area contributed by atoms with Crippen LogP contribution in [0.15, 0.2) is 0 Å². The zero-order valence-electron chi connectivity index (χ0n) is 9.58. The highest BCUT2D eigenvalue weighted by Gasteiger charge is 2.28. The van der Waals surface area contributed by atoms with Gasteiger partial charge in [0.2, 0.25) is 0 Å². The van der Waals surface area contributed by atoms with Crippen LogP contribution in [0.5, 0.6) is 0 Å². The number of rotatable bonds is 2. The van der Waals surface area contributed by atoms with Crippen molar-refractivity contribution in [3.05, 3.63) is 11.3 Å². The van der Waals surface area contributed by atoms with Crippen molar-refractivity contribution >= 4 is 5.82 Å². The van der Waals surface area contributed by atoms with E-state index in [-0.39, 0.29) is 6.10 Å². The molecule has 1 aromatic heterocycles. The maximum Gasteiger partial charge on any atom is 0.149 e. The molecule has 84 valence electrons. The molecule has 2 rings (SSSR count). The van der Waals surface area contributed by atoms with E-state index in [1.54, 1.807) is 0 Å². The van der Waals surface area contributed by atoms with Gasteiger partial charge in [0.05, 0.1) is 18.4 Å². The van der Waals surface area contributed by atoms with Gasteiger partial charge in [0.1, 0.15) is 5.82 Å². The van der Waals surface area contributed by atoms with Gasteiger partial charge in [-0.2, -0.15) is 5.10 Å². The van der Waals surface area contributed by atoms with Gasteiger partial charge in [-0.3, -0.25) is 5.10 Å². The Kier molecular flexibility index (Phi) is 2.69. The van der Waals surface area contributed by atoms with Crippen LogP contribution >= 0.6 is 0 Å². The number of anilines is 1. The summed E-state index contributed by atoms with van der Waals surface area (Å²) in [6.45, 7) is 7.29. The molecular formula is C11H19N3O. The monoisotopic (exact) mass is 209 g/mol. The lowest BCUT2D eigenvalue weighted by atomic mass is 9.97. The Morgan fingerprint density at radius 1 is 1.53 bits per heavy atom. The fourth-order valence-electron chi connectivity index (χ4n) is 2.21. The number of nitrogens with two attached hydrogens (primary N) is 1. The van der Waals surface area contributed by atoms with Gasteiger partial charge >= 0.3 is 0 Å². The molecule has 2 atom stereocenters. The largest absolute Gasteiger partial charge is 0.382 e. The van der Waals surface area contributed by atoms with Crippen LogP contribution in [0.2, 0.25) is 0 Å². The van der Waals surface area contributed by atoms with E-state index < -0.39 is 0 Å². The zero-order valence-corrected chi connectivity index (χ0v) is 9.58. The first-order valence-corrected chi connectivity index (χ1v) is 5.54. The van der Waals surface area contributed by atoms with Crippen molar-refractivity contribution in [3.8, 4) is 0 Å². The third-order valence-electron chi connectivity index (χ3n) is 2.96. The quantitative estimate of drug-likeness (QED) is 0.785. The lowest BCUT2D eigenvalue weighted by Gasteiger charge is -2.12. The van der Waals surface area contributed by atoms with Crippen molar-refractivity contribution in [1.82, 2.24) is 10.2 Å². The average Bonchev–Trinajstić information content (AvgIpc) is 2.71. The Bertz CT molecular complexity index is 346. The van der Waals surface area contributed by atoms with Crippen LogP contribution < -0.4 is 5.73 Å². The molecule has 0 aromatic carbocycles. The maximum absolute atomic E-state index is 5.85. The molecule has 0 aliphatic carbocycles. The van der Waals surface area contributed by atoms with Gasteiger partial charge < -0.3 is 10.5 Å². The third kappa shape index (κ3) is 1.86. The second-order valence-corrected chi connectivity index (χ2v) is 4.75. The van der Waals surface area contributed by atoms with Crippen LogP contribution in [0.1, 0.15) is 50.5 Å². The van der Waals surface area contributed by atoms with Crippen molar-refractivity contribution < 1.29 is 4.74 Å². The summed E-state index contributed by atoms with van der Waals surface area (Å²) < 4.78 is 5.73. The summed E-state index contributed by atoms with van der Waals surface area (Å²) in [6.07, 6.45) is 1.21. The normalized spacial score (nSPS) is 26.4. The minimum Gasteiger partial charge on any atom is -0.382 e. The lowest BCUT2D eigenvalue weighted by Crippen LogP contribution is -2.03. The van der Waals surface area contributed by atoms with Crippen molar-refractivity contribution in [3.63, 3.8) is 0 Å². The summed E-state index contributed by atoms with van der Waals surface area (Å²) in [5.74, 6) is 1.63. The van der Waals surface area contributed by atoms with Gasteiger partial charge in [-0.15, -0.1) is 0 Å². The van der Waals surface area contributed by atoms with Gasteiger partial charge in [0.15, 0.2) is 0 Å². The number of aromatic nitrogens is 2. The second-order valence-electron chi connectivity index (χ2n) is 4.75. The molecule has 4 heteroatoms. The summed E-state index contributed by atoms with van der Waals surface area (Å²) in [5, 5.41) is 7.10. The lowest BCUT2D eigenvalue weighted by molar-refractivity contribution is 0.104. The average molecular weight is 209 g/mol. The molecule has 0 saturated carbocycles. The third-order valence-corrected chi connectivity index (χ3v) is 2.96. The predicted octanol–water partition coefficient (Wildman–Crippen LogP) is 2.21. The fourth-order valence-corrected chi connectivity index (χ4v) is 2.21. The first-order valence-electron chi connectivity index (χ1n) is 5.54. The number of hydrogen-bond donors (Lipinski definition) is 2. The van der Waals surface area contributed by atoms with E-state index in [4.69, 9.17) is 10.5 Å². The van der Waals surface area contributed by atoms with Crippen LogP contribution in [0, 0.1) is 5.92 Å².